The zero-order valence-electron chi connectivity index (χ0n) is 23.2. The number of ether oxygens (including phenoxy) is 2. The molecule has 1 atom stereocenters. The van der Waals surface area contributed by atoms with Crippen LogP contribution in [-0.2, 0) is 18.0 Å². The number of fused-ring (bicyclic) bond motifs is 1. The summed E-state index contributed by atoms with van der Waals surface area (Å²) in [5.74, 6) is -3.74. The lowest BCUT2D eigenvalue weighted by Gasteiger charge is -2.29. The Labute approximate surface area is 235 Å². The summed E-state index contributed by atoms with van der Waals surface area (Å²) in [6.45, 7) is 6.72. The standard InChI is InChI=1S/C30H31F3N4O4/c1-5-30(4,17-34-29(39)41-15-20-9-7-6-8-10-20)36-28(38)26-19(3)35-27-24(13-18(2)14-37(26)27)40-16-21-22(31)11-12-23(32)25(21)33/h6-14H,5,15-17H2,1-4H3,(H,34,39)(H,36,38). The summed E-state index contributed by atoms with van der Waals surface area (Å²) in [6.07, 6.45) is 1.56. The number of nitrogens with one attached hydrogen (secondary N) is 2. The molecular weight excluding hydrogens is 537 g/mol. The van der Waals surface area contributed by atoms with Crippen LogP contribution in [-0.4, -0.2) is 33.5 Å². The lowest BCUT2D eigenvalue weighted by Crippen LogP contribution is -2.53. The van der Waals surface area contributed by atoms with Gasteiger partial charge in [0.15, 0.2) is 23.0 Å². The van der Waals surface area contributed by atoms with Crippen molar-refractivity contribution in [2.24, 2.45) is 0 Å². The molecular formula is C30H31F3N4O4. The van der Waals surface area contributed by atoms with Crippen molar-refractivity contribution in [1.82, 2.24) is 20.0 Å². The van der Waals surface area contributed by atoms with E-state index in [1.54, 1.807) is 33.0 Å². The number of alkyl carbamates (subject to hydrolysis) is 1. The van der Waals surface area contributed by atoms with E-state index in [0.29, 0.717) is 23.7 Å². The van der Waals surface area contributed by atoms with Gasteiger partial charge in [0.2, 0.25) is 0 Å². The van der Waals surface area contributed by atoms with Gasteiger partial charge in [0.25, 0.3) is 5.91 Å². The molecule has 0 saturated carbocycles. The van der Waals surface area contributed by atoms with Crippen LogP contribution in [0.2, 0.25) is 0 Å². The molecule has 0 saturated heterocycles. The number of aromatic nitrogens is 2. The summed E-state index contributed by atoms with van der Waals surface area (Å²) in [5.41, 5.74) is 1.01. The van der Waals surface area contributed by atoms with Crippen LogP contribution in [0.1, 0.15) is 53.1 Å². The number of pyridine rings is 1. The predicted octanol–water partition coefficient (Wildman–Crippen LogP) is 5.77. The number of nitrogens with zero attached hydrogens (tertiary/aromatic N) is 2. The summed E-state index contributed by atoms with van der Waals surface area (Å²) in [4.78, 5) is 30.2. The molecule has 2 N–H and O–H groups in total. The van der Waals surface area contributed by atoms with E-state index < -0.39 is 47.2 Å². The molecule has 8 nitrogen and oxygen atoms in total. The third kappa shape index (κ3) is 6.79. The molecule has 4 aromatic rings. The fraction of sp³-hybridized carbons (Fsp3) is 0.300. The van der Waals surface area contributed by atoms with Crippen molar-refractivity contribution in [2.75, 3.05) is 6.54 Å². The maximum atomic E-state index is 14.2. The Morgan fingerprint density at radius 3 is 2.44 bits per heavy atom. The van der Waals surface area contributed by atoms with Crippen molar-refractivity contribution >= 4 is 17.6 Å². The molecule has 0 aliphatic rings. The lowest BCUT2D eigenvalue weighted by atomic mass is 9.98. The molecule has 216 valence electrons. The molecule has 1 unspecified atom stereocenters. The number of carbonyl (C=O) groups excluding carboxylic acids is 2. The van der Waals surface area contributed by atoms with Crippen LogP contribution in [0.25, 0.3) is 5.65 Å². The Balaban J connectivity index is 1.49. The first-order chi connectivity index (χ1) is 19.5. The van der Waals surface area contributed by atoms with E-state index in [-0.39, 0.29) is 30.2 Å². The topological polar surface area (TPSA) is 94.0 Å². The molecule has 2 aromatic heterocycles. The Bertz CT molecular complexity index is 1580. The Kier molecular flexibility index (Phi) is 8.85. The second-order valence-corrected chi connectivity index (χ2v) is 10.0. The maximum Gasteiger partial charge on any atom is 0.407 e. The number of hydrogen-bond donors (Lipinski definition) is 2. The predicted molar refractivity (Wildman–Crippen MR) is 146 cm³/mol. The van der Waals surface area contributed by atoms with Gasteiger partial charge in [-0.3, -0.25) is 9.20 Å². The van der Waals surface area contributed by atoms with Gasteiger partial charge in [0, 0.05) is 12.7 Å². The fourth-order valence-corrected chi connectivity index (χ4v) is 4.22. The van der Waals surface area contributed by atoms with Gasteiger partial charge in [-0.25, -0.2) is 22.9 Å². The van der Waals surface area contributed by atoms with Crippen LogP contribution < -0.4 is 15.4 Å². The van der Waals surface area contributed by atoms with E-state index in [1.807, 2.05) is 37.3 Å². The molecule has 2 amide bonds. The highest BCUT2D eigenvalue weighted by molar-refractivity contribution is 5.95. The smallest absolute Gasteiger partial charge is 0.407 e. The highest BCUT2D eigenvalue weighted by atomic mass is 19.2. The van der Waals surface area contributed by atoms with E-state index in [1.165, 1.54) is 4.40 Å². The minimum absolute atomic E-state index is 0.108. The number of halogens is 3. The average Bonchev–Trinajstić information content (AvgIpc) is 3.29. The first-order valence-electron chi connectivity index (χ1n) is 13.0. The molecule has 2 aromatic carbocycles. The molecule has 11 heteroatoms. The van der Waals surface area contributed by atoms with E-state index in [2.05, 4.69) is 15.6 Å². The summed E-state index contributed by atoms with van der Waals surface area (Å²) in [6, 6.07) is 12.4. The van der Waals surface area contributed by atoms with Gasteiger partial charge in [0.05, 0.1) is 16.8 Å². The van der Waals surface area contributed by atoms with E-state index in [4.69, 9.17) is 9.47 Å². The molecule has 0 spiro atoms. The summed E-state index contributed by atoms with van der Waals surface area (Å²) in [7, 11) is 0. The highest BCUT2D eigenvalue weighted by Crippen LogP contribution is 2.27. The molecule has 41 heavy (non-hydrogen) atoms. The Hall–Kier alpha value is -4.54. The van der Waals surface area contributed by atoms with Crippen molar-refractivity contribution in [3.63, 3.8) is 0 Å². The van der Waals surface area contributed by atoms with Crippen LogP contribution in [0.3, 0.4) is 0 Å². The third-order valence-corrected chi connectivity index (χ3v) is 6.75. The second-order valence-electron chi connectivity index (χ2n) is 10.0. The number of amides is 2. The molecule has 0 fully saturated rings. The van der Waals surface area contributed by atoms with Crippen LogP contribution in [0.5, 0.6) is 5.75 Å². The Morgan fingerprint density at radius 1 is 1.02 bits per heavy atom. The summed E-state index contributed by atoms with van der Waals surface area (Å²) < 4.78 is 54.4. The zero-order valence-corrected chi connectivity index (χ0v) is 23.2. The Morgan fingerprint density at radius 2 is 1.73 bits per heavy atom. The van der Waals surface area contributed by atoms with Gasteiger partial charge >= 0.3 is 6.09 Å². The van der Waals surface area contributed by atoms with Crippen molar-refractivity contribution in [3.05, 3.63) is 100 Å². The van der Waals surface area contributed by atoms with Crippen molar-refractivity contribution in [3.8, 4) is 5.75 Å². The van der Waals surface area contributed by atoms with Crippen molar-refractivity contribution < 1.29 is 32.2 Å². The van der Waals surface area contributed by atoms with Gasteiger partial charge in [-0.05, 0) is 56.5 Å². The van der Waals surface area contributed by atoms with E-state index in [9.17, 15) is 22.8 Å². The zero-order chi connectivity index (χ0) is 29.7. The maximum absolute atomic E-state index is 14.2. The molecule has 4 rings (SSSR count). The number of benzene rings is 2. The lowest BCUT2D eigenvalue weighted by molar-refractivity contribution is 0.0888. The third-order valence-electron chi connectivity index (χ3n) is 6.75. The van der Waals surface area contributed by atoms with Crippen LogP contribution >= 0.6 is 0 Å². The SMILES string of the molecule is CCC(C)(CNC(=O)OCc1ccccc1)NC(=O)c1c(C)nc2c(OCc3c(F)ccc(F)c3F)cc(C)cn12. The molecule has 0 radical (unpaired) electrons. The van der Waals surface area contributed by atoms with Crippen LogP contribution in [0, 0.1) is 31.3 Å². The minimum Gasteiger partial charge on any atom is -0.485 e. The molecule has 0 aliphatic carbocycles. The molecule has 0 bridgehead atoms. The number of carbonyl (C=O) groups is 2. The number of imidazole rings is 1. The van der Waals surface area contributed by atoms with Crippen molar-refractivity contribution in [1.29, 1.82) is 0 Å². The largest absolute Gasteiger partial charge is 0.485 e. The fourth-order valence-electron chi connectivity index (χ4n) is 4.22. The van der Waals surface area contributed by atoms with E-state index >= 15 is 0 Å². The van der Waals surface area contributed by atoms with Gasteiger partial charge in [-0.15, -0.1) is 0 Å². The quantitative estimate of drug-likeness (QED) is 0.237. The van der Waals surface area contributed by atoms with E-state index in [0.717, 1.165) is 11.6 Å². The normalized spacial score (nSPS) is 12.6. The average molecular weight is 569 g/mol. The summed E-state index contributed by atoms with van der Waals surface area (Å²) >= 11 is 0. The van der Waals surface area contributed by atoms with Crippen molar-refractivity contribution in [2.45, 2.75) is 52.9 Å². The molecule has 2 heterocycles. The number of hydrogen-bond acceptors (Lipinski definition) is 5. The van der Waals surface area contributed by atoms with Gasteiger partial charge in [-0.1, -0.05) is 37.3 Å². The number of rotatable bonds is 10. The van der Waals surface area contributed by atoms with Gasteiger partial charge < -0.3 is 20.1 Å². The number of aryl methyl sites for hydroxylation is 2. The van der Waals surface area contributed by atoms with Crippen LogP contribution in [0.4, 0.5) is 18.0 Å². The van der Waals surface area contributed by atoms with Gasteiger partial charge in [-0.2, -0.15) is 0 Å². The monoisotopic (exact) mass is 568 g/mol. The molecule has 0 aliphatic heterocycles. The first-order valence-corrected chi connectivity index (χ1v) is 13.0. The summed E-state index contributed by atoms with van der Waals surface area (Å²) in [5, 5.41) is 5.68. The van der Waals surface area contributed by atoms with Gasteiger partial charge in [0.1, 0.15) is 24.7 Å². The second kappa shape index (κ2) is 12.3. The highest BCUT2D eigenvalue weighted by Gasteiger charge is 2.29. The first kappa shape index (κ1) is 29.4. The van der Waals surface area contributed by atoms with Crippen LogP contribution in [0.15, 0.2) is 54.7 Å². The minimum atomic E-state index is -1.33.